The van der Waals surface area contributed by atoms with E-state index in [2.05, 4.69) is 13.8 Å². The van der Waals surface area contributed by atoms with Crippen LogP contribution in [0, 0.1) is 5.92 Å². The zero-order valence-electron chi connectivity index (χ0n) is 11.9. The Hall–Kier alpha value is -0.610. The zero-order chi connectivity index (χ0) is 13.6. The van der Waals surface area contributed by atoms with Gasteiger partial charge in [0.05, 0.1) is 13.2 Å². The fourth-order valence-corrected chi connectivity index (χ4v) is 2.86. The van der Waals surface area contributed by atoms with Gasteiger partial charge in [-0.1, -0.05) is 19.8 Å². The molecule has 0 radical (unpaired) electrons. The van der Waals surface area contributed by atoms with Gasteiger partial charge in [-0.25, -0.2) is 0 Å². The number of carbonyl (C=O) groups is 1. The van der Waals surface area contributed by atoms with Crippen molar-refractivity contribution in [2.45, 2.75) is 64.0 Å². The Balaban J connectivity index is 2.39. The highest BCUT2D eigenvalue weighted by atomic mass is 16.5. The van der Waals surface area contributed by atoms with E-state index in [1.165, 1.54) is 7.11 Å². The average molecular weight is 257 g/mol. The lowest BCUT2D eigenvalue weighted by Crippen LogP contribution is -2.51. The molecule has 0 aliphatic heterocycles. The highest BCUT2D eigenvalue weighted by Gasteiger charge is 2.46. The van der Waals surface area contributed by atoms with E-state index in [0.29, 0.717) is 12.7 Å². The largest absolute Gasteiger partial charge is 0.468 e. The lowest BCUT2D eigenvalue weighted by molar-refractivity contribution is -0.148. The summed E-state index contributed by atoms with van der Waals surface area (Å²) in [5.41, 5.74) is 5.42. The molecule has 0 aromatic rings. The number of hydrogen-bond donors (Lipinski definition) is 1. The second-order valence-corrected chi connectivity index (χ2v) is 5.38. The van der Waals surface area contributed by atoms with Gasteiger partial charge < -0.3 is 15.2 Å². The zero-order valence-corrected chi connectivity index (χ0v) is 11.9. The number of ether oxygens (including phenoxy) is 2. The number of esters is 1. The number of nitrogens with two attached hydrogens (primary N) is 1. The van der Waals surface area contributed by atoms with E-state index in [0.717, 1.165) is 38.5 Å². The van der Waals surface area contributed by atoms with Crippen LogP contribution in [0.5, 0.6) is 0 Å². The van der Waals surface area contributed by atoms with Crippen LogP contribution < -0.4 is 5.73 Å². The summed E-state index contributed by atoms with van der Waals surface area (Å²) >= 11 is 0. The molecule has 1 saturated carbocycles. The molecule has 0 aromatic carbocycles. The number of rotatable bonds is 7. The molecule has 3 atom stereocenters. The van der Waals surface area contributed by atoms with Crippen LogP contribution in [0.15, 0.2) is 0 Å². The molecule has 0 saturated heterocycles. The van der Waals surface area contributed by atoms with Gasteiger partial charge in [0, 0.05) is 6.61 Å². The molecule has 4 nitrogen and oxygen atoms in total. The lowest BCUT2D eigenvalue weighted by Gasteiger charge is -2.28. The van der Waals surface area contributed by atoms with Gasteiger partial charge in [-0.05, 0) is 38.5 Å². The third-order valence-corrected chi connectivity index (χ3v) is 4.00. The molecule has 1 fully saturated rings. The van der Waals surface area contributed by atoms with Crippen LogP contribution in [0.4, 0.5) is 0 Å². The summed E-state index contributed by atoms with van der Waals surface area (Å²) in [5, 5.41) is 0. The van der Waals surface area contributed by atoms with E-state index in [1.807, 2.05) is 0 Å². The average Bonchev–Trinajstić information content (AvgIpc) is 2.72. The normalized spacial score (nSPS) is 29.2. The van der Waals surface area contributed by atoms with E-state index in [9.17, 15) is 4.79 Å². The maximum Gasteiger partial charge on any atom is 0.326 e. The van der Waals surface area contributed by atoms with E-state index in [1.54, 1.807) is 0 Å². The number of hydrogen-bond acceptors (Lipinski definition) is 4. The molecular formula is C14H27NO3. The van der Waals surface area contributed by atoms with Gasteiger partial charge in [-0.2, -0.15) is 0 Å². The first kappa shape index (κ1) is 15.4. The van der Waals surface area contributed by atoms with Crippen LogP contribution in [0.25, 0.3) is 0 Å². The van der Waals surface area contributed by atoms with Crippen LogP contribution in [0.2, 0.25) is 0 Å². The molecule has 1 aliphatic carbocycles. The van der Waals surface area contributed by atoms with Crippen molar-refractivity contribution in [1.82, 2.24) is 0 Å². The van der Waals surface area contributed by atoms with Crippen molar-refractivity contribution in [1.29, 1.82) is 0 Å². The maximum atomic E-state index is 11.8. The summed E-state index contributed by atoms with van der Waals surface area (Å²) in [5.74, 6) is -0.0783. The molecule has 0 heterocycles. The third-order valence-electron chi connectivity index (χ3n) is 4.00. The van der Waals surface area contributed by atoms with Crippen LogP contribution in [-0.4, -0.2) is 31.3 Å². The van der Waals surface area contributed by atoms with Gasteiger partial charge >= 0.3 is 5.97 Å². The minimum absolute atomic E-state index is 0.193. The van der Waals surface area contributed by atoms with Crippen molar-refractivity contribution < 1.29 is 14.3 Å². The standard InChI is InChI=1S/C14H27NO3/c1-4-6-11(2)18-10-8-12-7-5-9-14(12,15)13(16)17-3/h11-12H,4-10,15H2,1-3H3. The molecule has 1 aliphatic rings. The van der Waals surface area contributed by atoms with Crippen molar-refractivity contribution in [3.8, 4) is 0 Å². The van der Waals surface area contributed by atoms with E-state index in [4.69, 9.17) is 15.2 Å². The molecule has 3 unspecified atom stereocenters. The lowest BCUT2D eigenvalue weighted by atomic mass is 9.86. The summed E-state index contributed by atoms with van der Waals surface area (Å²) in [4.78, 5) is 11.8. The Morgan fingerprint density at radius 2 is 2.28 bits per heavy atom. The predicted molar refractivity (Wildman–Crippen MR) is 71.2 cm³/mol. The van der Waals surface area contributed by atoms with Crippen molar-refractivity contribution in [2.75, 3.05) is 13.7 Å². The Morgan fingerprint density at radius 1 is 1.56 bits per heavy atom. The third kappa shape index (κ3) is 3.69. The van der Waals surface area contributed by atoms with Crippen molar-refractivity contribution in [3.05, 3.63) is 0 Å². The summed E-state index contributed by atoms with van der Waals surface area (Å²) in [6, 6.07) is 0. The molecule has 2 N–H and O–H groups in total. The molecule has 4 heteroatoms. The van der Waals surface area contributed by atoms with Gasteiger partial charge in [-0.15, -0.1) is 0 Å². The number of carbonyl (C=O) groups excluding carboxylic acids is 1. The first-order valence-corrected chi connectivity index (χ1v) is 7.03. The van der Waals surface area contributed by atoms with Gasteiger partial charge in [0.1, 0.15) is 5.54 Å². The predicted octanol–water partition coefficient (Wildman–Crippen LogP) is 2.25. The molecule has 1 rings (SSSR count). The van der Waals surface area contributed by atoms with E-state index >= 15 is 0 Å². The quantitative estimate of drug-likeness (QED) is 0.711. The number of methoxy groups -OCH3 is 1. The van der Waals surface area contributed by atoms with Gasteiger partial charge in [0.2, 0.25) is 0 Å². The van der Waals surface area contributed by atoms with Crippen molar-refractivity contribution in [2.24, 2.45) is 11.7 Å². The minimum Gasteiger partial charge on any atom is -0.468 e. The Labute approximate surface area is 110 Å². The molecule has 106 valence electrons. The fourth-order valence-electron chi connectivity index (χ4n) is 2.86. The Morgan fingerprint density at radius 3 is 2.89 bits per heavy atom. The topological polar surface area (TPSA) is 61.5 Å². The maximum absolute atomic E-state index is 11.8. The van der Waals surface area contributed by atoms with Crippen molar-refractivity contribution >= 4 is 5.97 Å². The SMILES string of the molecule is CCCC(C)OCCC1CCCC1(N)C(=O)OC. The summed E-state index contributed by atoms with van der Waals surface area (Å²) in [6.45, 7) is 4.93. The monoisotopic (exact) mass is 257 g/mol. The summed E-state index contributed by atoms with van der Waals surface area (Å²) < 4.78 is 10.6. The Bertz CT molecular complexity index is 270. The van der Waals surface area contributed by atoms with Gasteiger partial charge in [0.25, 0.3) is 0 Å². The van der Waals surface area contributed by atoms with Crippen LogP contribution in [0.1, 0.15) is 52.4 Å². The van der Waals surface area contributed by atoms with Crippen LogP contribution in [-0.2, 0) is 14.3 Å². The fraction of sp³-hybridized carbons (Fsp3) is 0.929. The Kier molecular flexibility index (Phi) is 6.09. The summed E-state index contributed by atoms with van der Waals surface area (Å²) in [7, 11) is 1.41. The van der Waals surface area contributed by atoms with Crippen LogP contribution in [0.3, 0.4) is 0 Å². The van der Waals surface area contributed by atoms with Gasteiger partial charge in [0.15, 0.2) is 0 Å². The summed E-state index contributed by atoms with van der Waals surface area (Å²) in [6.07, 6.45) is 6.08. The second kappa shape index (κ2) is 7.10. The molecule has 18 heavy (non-hydrogen) atoms. The van der Waals surface area contributed by atoms with Crippen LogP contribution >= 0.6 is 0 Å². The molecule has 0 bridgehead atoms. The van der Waals surface area contributed by atoms with E-state index < -0.39 is 5.54 Å². The molecule has 0 amide bonds. The molecule has 0 spiro atoms. The molecular weight excluding hydrogens is 230 g/mol. The van der Waals surface area contributed by atoms with E-state index in [-0.39, 0.29) is 11.9 Å². The minimum atomic E-state index is -0.786. The smallest absolute Gasteiger partial charge is 0.326 e. The van der Waals surface area contributed by atoms with Crippen molar-refractivity contribution in [3.63, 3.8) is 0 Å². The molecule has 0 aromatic heterocycles. The highest BCUT2D eigenvalue weighted by molar-refractivity contribution is 5.81. The first-order chi connectivity index (χ1) is 8.54. The second-order valence-electron chi connectivity index (χ2n) is 5.38. The van der Waals surface area contributed by atoms with Gasteiger partial charge in [-0.3, -0.25) is 4.79 Å². The highest BCUT2D eigenvalue weighted by Crippen LogP contribution is 2.36. The first-order valence-electron chi connectivity index (χ1n) is 7.03.